The molecule has 1 aliphatic heterocycles. The molecule has 2 rings (SSSR count). The van der Waals surface area contributed by atoms with Crippen molar-refractivity contribution in [3.05, 3.63) is 12.3 Å². The van der Waals surface area contributed by atoms with E-state index in [-0.39, 0.29) is 24.0 Å². The maximum Gasteiger partial charge on any atom is 0.115 e. The van der Waals surface area contributed by atoms with Crippen LogP contribution in [0.15, 0.2) is 12.3 Å². The number of hydrogen-bond acceptors (Lipinski definition) is 2. The molecule has 74 valence electrons. The van der Waals surface area contributed by atoms with Crippen molar-refractivity contribution in [1.82, 2.24) is 4.72 Å². The van der Waals surface area contributed by atoms with Gasteiger partial charge in [-0.05, 0) is 37.7 Å². The second-order valence-corrected chi connectivity index (χ2v) is 4.15. The molecule has 0 aromatic heterocycles. The van der Waals surface area contributed by atoms with Crippen molar-refractivity contribution in [3.8, 4) is 0 Å². The van der Waals surface area contributed by atoms with E-state index in [4.69, 9.17) is 4.74 Å². The van der Waals surface area contributed by atoms with Crippen LogP contribution in [-0.4, -0.2) is 16.4 Å². The Kier molecular flexibility index (Phi) is 3.01. The van der Waals surface area contributed by atoms with Gasteiger partial charge in [0.15, 0.2) is 0 Å². The maximum absolute atomic E-state index is 10.5. The Labute approximate surface area is 82.2 Å². The molecule has 1 N–H and O–H groups in total. The van der Waals surface area contributed by atoms with Crippen LogP contribution in [-0.2, 0) is 16.6 Å². The van der Waals surface area contributed by atoms with Gasteiger partial charge in [-0.3, -0.25) is 0 Å². The van der Waals surface area contributed by atoms with Crippen molar-refractivity contribution >= 4 is 11.9 Å². The largest absolute Gasteiger partial charge is 0.497 e. The van der Waals surface area contributed by atoms with Gasteiger partial charge >= 0.3 is 0 Å². The lowest BCUT2D eigenvalue weighted by Gasteiger charge is -2.27. The van der Waals surface area contributed by atoms with E-state index in [1.54, 1.807) is 6.26 Å². The average molecular weight is 201 g/mol. The van der Waals surface area contributed by atoms with Crippen molar-refractivity contribution in [2.24, 2.45) is 5.92 Å². The molecule has 0 aromatic carbocycles. The fourth-order valence-corrected chi connectivity index (χ4v) is 2.32. The highest BCUT2D eigenvalue weighted by molar-refractivity contribution is 7.63. The van der Waals surface area contributed by atoms with E-state index in [2.05, 4.69) is 4.72 Å². The lowest BCUT2D eigenvalue weighted by molar-refractivity contribution is 0.0869. The summed E-state index contributed by atoms with van der Waals surface area (Å²) < 4.78 is 19.0. The van der Waals surface area contributed by atoms with Crippen LogP contribution in [0.1, 0.15) is 25.7 Å². The van der Waals surface area contributed by atoms with Gasteiger partial charge in [-0.1, -0.05) is 0 Å². The van der Waals surface area contributed by atoms with Crippen LogP contribution in [0.4, 0.5) is 0 Å². The predicted molar refractivity (Wildman–Crippen MR) is 52.4 cm³/mol. The summed E-state index contributed by atoms with van der Waals surface area (Å²) in [5.41, 5.74) is 0. The van der Waals surface area contributed by atoms with Gasteiger partial charge in [0.05, 0.1) is 24.2 Å². The number of nitrogens with one attached hydrogen (secondary N) is 1. The molecule has 4 heteroatoms. The third kappa shape index (κ3) is 2.31. The Morgan fingerprint density at radius 2 is 2.31 bits per heavy atom. The van der Waals surface area contributed by atoms with Crippen molar-refractivity contribution in [2.45, 2.75) is 37.8 Å². The van der Waals surface area contributed by atoms with Gasteiger partial charge in [-0.25, -0.2) is 8.93 Å². The van der Waals surface area contributed by atoms with Crippen LogP contribution < -0.4 is 4.72 Å². The summed E-state index contributed by atoms with van der Waals surface area (Å²) in [6.07, 6.45) is 8.64. The van der Waals surface area contributed by atoms with E-state index < -0.39 is 0 Å². The molecular weight excluding hydrogens is 186 g/mol. The fourth-order valence-electron chi connectivity index (χ4n) is 1.83. The zero-order chi connectivity index (χ0) is 9.10. The summed E-state index contributed by atoms with van der Waals surface area (Å²) in [4.78, 5) is 0. The number of thiol groups is 1. The van der Waals surface area contributed by atoms with E-state index in [9.17, 15) is 4.21 Å². The van der Waals surface area contributed by atoms with Crippen LogP contribution in [0.5, 0.6) is 0 Å². The molecular formula is C9H15NO2S. The number of hydrogen-bond donors (Lipinski definition) is 2. The fraction of sp³-hybridized carbons (Fsp3) is 0.778. The summed E-state index contributed by atoms with van der Waals surface area (Å²) in [5, 5.41) is 0. The van der Waals surface area contributed by atoms with Crippen molar-refractivity contribution in [2.75, 3.05) is 0 Å². The molecule has 13 heavy (non-hydrogen) atoms. The van der Waals surface area contributed by atoms with E-state index in [0.717, 1.165) is 12.8 Å². The molecule has 0 saturated heterocycles. The highest BCUT2D eigenvalue weighted by Crippen LogP contribution is 2.36. The summed E-state index contributed by atoms with van der Waals surface area (Å²) >= 11 is 0.0294. The Morgan fingerprint density at radius 1 is 1.46 bits per heavy atom. The second kappa shape index (κ2) is 4.24. The summed E-state index contributed by atoms with van der Waals surface area (Å²) in [7, 11) is 0. The third-order valence-corrected chi connectivity index (χ3v) is 3.10. The summed E-state index contributed by atoms with van der Waals surface area (Å²) in [6, 6.07) is 0.282. The number of ether oxygens (including phenoxy) is 1. The molecule has 0 aromatic rings. The normalized spacial score (nSPS) is 29.7. The van der Waals surface area contributed by atoms with Gasteiger partial charge in [0.2, 0.25) is 0 Å². The quantitative estimate of drug-likeness (QED) is 0.663. The SMILES string of the molecule is O=[SH]N[C@@H](C1CC1)[C@@H]1CCC=CO1. The Morgan fingerprint density at radius 3 is 2.85 bits per heavy atom. The first kappa shape index (κ1) is 9.21. The highest BCUT2D eigenvalue weighted by Gasteiger charge is 2.37. The first-order chi connectivity index (χ1) is 6.42. The van der Waals surface area contributed by atoms with Crippen molar-refractivity contribution in [1.29, 1.82) is 0 Å². The molecule has 0 spiro atoms. The maximum atomic E-state index is 10.5. The van der Waals surface area contributed by atoms with Gasteiger partial charge in [-0.2, -0.15) is 0 Å². The zero-order valence-electron chi connectivity index (χ0n) is 7.48. The molecule has 0 unspecified atom stereocenters. The Balaban J connectivity index is 1.92. The predicted octanol–water partition coefficient (Wildman–Crippen LogP) is 0.908. The summed E-state index contributed by atoms with van der Waals surface area (Å²) in [5.74, 6) is 0.679. The number of allylic oxidation sites excluding steroid dienone is 1. The van der Waals surface area contributed by atoms with E-state index in [1.807, 2.05) is 6.08 Å². The molecule has 1 saturated carbocycles. The average Bonchev–Trinajstić information content (AvgIpc) is 2.99. The van der Waals surface area contributed by atoms with Crippen molar-refractivity contribution in [3.63, 3.8) is 0 Å². The number of rotatable bonds is 4. The first-order valence-electron chi connectivity index (χ1n) is 4.80. The molecule has 2 aliphatic rings. The molecule has 1 aliphatic carbocycles. The Hall–Kier alpha value is -0.350. The minimum absolute atomic E-state index is 0.0294. The van der Waals surface area contributed by atoms with E-state index in [1.165, 1.54) is 12.8 Å². The van der Waals surface area contributed by atoms with Crippen LogP contribution in [0.25, 0.3) is 0 Å². The topological polar surface area (TPSA) is 38.3 Å². The smallest absolute Gasteiger partial charge is 0.115 e. The van der Waals surface area contributed by atoms with Crippen LogP contribution in [0.2, 0.25) is 0 Å². The van der Waals surface area contributed by atoms with Crippen LogP contribution in [0, 0.1) is 5.92 Å². The molecule has 2 atom stereocenters. The molecule has 0 amide bonds. The van der Waals surface area contributed by atoms with E-state index in [0.29, 0.717) is 5.92 Å². The minimum atomic E-state index is 0.0294. The lowest BCUT2D eigenvalue weighted by atomic mass is 10.0. The first-order valence-corrected chi connectivity index (χ1v) is 5.61. The molecule has 0 bridgehead atoms. The zero-order valence-corrected chi connectivity index (χ0v) is 8.37. The van der Waals surface area contributed by atoms with Gasteiger partial charge in [0.1, 0.15) is 6.10 Å². The van der Waals surface area contributed by atoms with Gasteiger partial charge < -0.3 is 4.74 Å². The summed E-state index contributed by atoms with van der Waals surface area (Å²) in [6.45, 7) is 0. The molecule has 1 fully saturated rings. The molecule has 0 radical (unpaired) electrons. The highest BCUT2D eigenvalue weighted by atomic mass is 32.2. The monoisotopic (exact) mass is 201 g/mol. The van der Waals surface area contributed by atoms with Crippen LogP contribution >= 0.6 is 0 Å². The van der Waals surface area contributed by atoms with E-state index >= 15 is 0 Å². The van der Waals surface area contributed by atoms with Crippen molar-refractivity contribution < 1.29 is 8.95 Å². The van der Waals surface area contributed by atoms with Crippen LogP contribution in [0.3, 0.4) is 0 Å². The van der Waals surface area contributed by atoms with Gasteiger partial charge in [-0.15, -0.1) is 0 Å². The second-order valence-electron chi connectivity index (χ2n) is 3.71. The molecule has 1 heterocycles. The standard InChI is InChI=1S/C9H15NO2S/c11-13-10-9(7-4-5-7)8-3-1-2-6-12-8/h2,6-9,13H,1,3-5H2,(H,10,11)/t8-,9-/m0/s1. The molecule has 3 nitrogen and oxygen atoms in total. The van der Waals surface area contributed by atoms with Gasteiger partial charge in [0.25, 0.3) is 0 Å². The lowest BCUT2D eigenvalue weighted by Crippen LogP contribution is -2.41. The van der Waals surface area contributed by atoms with Gasteiger partial charge in [0, 0.05) is 0 Å². The third-order valence-electron chi connectivity index (χ3n) is 2.70. The minimum Gasteiger partial charge on any atom is -0.497 e. The Bertz CT molecular complexity index is 216.